The van der Waals surface area contributed by atoms with Crippen molar-refractivity contribution in [3.8, 4) is 11.1 Å². The second kappa shape index (κ2) is 9.92. The van der Waals surface area contributed by atoms with Gasteiger partial charge in [-0.2, -0.15) is 0 Å². The van der Waals surface area contributed by atoms with Crippen molar-refractivity contribution in [3.63, 3.8) is 0 Å². The average Bonchev–Trinajstić information content (AvgIpc) is 3.45. The average molecular weight is 555 g/mol. The number of rotatable bonds is 3. The molecule has 206 valence electrons. The number of hydrogen-bond donors (Lipinski definition) is 0. The van der Waals surface area contributed by atoms with Crippen LogP contribution in [-0.2, 0) is 6.42 Å². The number of benzene rings is 5. The molecular weight excluding hydrogens is 524 g/mol. The summed E-state index contributed by atoms with van der Waals surface area (Å²) < 4.78 is 6.72. The van der Waals surface area contributed by atoms with Gasteiger partial charge in [-0.1, -0.05) is 98.6 Å². The molecule has 6 aromatic rings. The van der Waals surface area contributed by atoms with Crippen LogP contribution in [-0.4, -0.2) is 17.5 Å². The highest BCUT2D eigenvalue weighted by atomic mass is 16.3. The molecule has 0 radical (unpaired) electrons. The number of furan rings is 1. The standard InChI is InChI=1S/C40H30N2O/c1-4-35-31-13-9-8-12-30(31)33-20-16-26-17-21-34-32-19-18-29(28-15-14-25-10-6-7-11-27(25)22-28)23-37(32)43-40(34)38(26)36(5-2)41-24(3)39(33)42-35/h4-15,17-19,21-23,33,39H,1-3,16,20H2. The summed E-state index contributed by atoms with van der Waals surface area (Å²) in [6.45, 7) is 12.6. The number of fused-ring (bicyclic) bond motifs is 9. The van der Waals surface area contributed by atoms with Crippen molar-refractivity contribution >= 4 is 44.1 Å². The molecule has 0 amide bonds. The van der Waals surface area contributed by atoms with Gasteiger partial charge < -0.3 is 4.42 Å². The zero-order valence-corrected chi connectivity index (χ0v) is 23.9. The molecule has 0 saturated heterocycles. The molecule has 0 N–H and O–H groups in total. The largest absolute Gasteiger partial charge is 0.455 e. The summed E-state index contributed by atoms with van der Waals surface area (Å²) in [4.78, 5) is 10.2. The van der Waals surface area contributed by atoms with Crippen LogP contribution in [0.4, 0.5) is 0 Å². The first-order valence-electron chi connectivity index (χ1n) is 14.8. The monoisotopic (exact) mass is 554 g/mol. The number of allylic oxidation sites excluding steroid dienone is 2. The Labute approximate surface area is 250 Å². The zero-order valence-electron chi connectivity index (χ0n) is 23.9. The predicted molar refractivity (Wildman–Crippen MR) is 181 cm³/mol. The van der Waals surface area contributed by atoms with Crippen molar-refractivity contribution in [2.45, 2.75) is 24.8 Å². The molecule has 1 aromatic heterocycles. The molecule has 0 fully saturated rings. The van der Waals surface area contributed by atoms with Gasteiger partial charge in [-0.05, 0) is 76.2 Å². The second-order valence-electron chi connectivity index (χ2n) is 11.4. The Balaban J connectivity index is 1.28. The van der Waals surface area contributed by atoms with Crippen molar-refractivity contribution in [1.82, 2.24) is 0 Å². The molecule has 0 spiro atoms. The van der Waals surface area contributed by atoms with Gasteiger partial charge in [0.2, 0.25) is 0 Å². The van der Waals surface area contributed by atoms with E-state index in [9.17, 15) is 0 Å². The number of hydrogen-bond acceptors (Lipinski definition) is 3. The molecule has 0 bridgehead atoms. The lowest BCUT2D eigenvalue weighted by Gasteiger charge is -2.31. The molecule has 2 unspecified atom stereocenters. The lowest BCUT2D eigenvalue weighted by atomic mass is 9.79. The Kier molecular flexibility index (Phi) is 5.87. The highest BCUT2D eigenvalue weighted by Gasteiger charge is 2.33. The Morgan fingerprint density at radius 1 is 0.744 bits per heavy atom. The molecule has 3 heterocycles. The Morgan fingerprint density at radius 3 is 2.35 bits per heavy atom. The van der Waals surface area contributed by atoms with Gasteiger partial charge in [-0.15, -0.1) is 0 Å². The normalized spacial score (nSPS) is 18.1. The maximum Gasteiger partial charge on any atom is 0.145 e. The topological polar surface area (TPSA) is 37.9 Å². The van der Waals surface area contributed by atoms with Crippen LogP contribution in [0, 0.1) is 0 Å². The zero-order chi connectivity index (χ0) is 29.1. The smallest absolute Gasteiger partial charge is 0.145 e. The van der Waals surface area contributed by atoms with E-state index in [2.05, 4.69) is 117 Å². The van der Waals surface area contributed by atoms with E-state index >= 15 is 0 Å². The molecule has 5 aromatic carbocycles. The highest BCUT2D eigenvalue weighted by Crippen LogP contribution is 2.41. The van der Waals surface area contributed by atoms with Crippen LogP contribution in [0.2, 0.25) is 0 Å². The first-order chi connectivity index (χ1) is 21.1. The van der Waals surface area contributed by atoms with Gasteiger partial charge in [-0.25, -0.2) is 0 Å². The van der Waals surface area contributed by atoms with Crippen LogP contribution in [0.5, 0.6) is 0 Å². The fourth-order valence-corrected chi connectivity index (χ4v) is 6.97. The summed E-state index contributed by atoms with van der Waals surface area (Å²) >= 11 is 0. The summed E-state index contributed by atoms with van der Waals surface area (Å²) in [5, 5.41) is 4.63. The number of aliphatic imine (C=N–C) groups is 2. The summed E-state index contributed by atoms with van der Waals surface area (Å²) in [6, 6.07) is 34.3. The van der Waals surface area contributed by atoms with E-state index < -0.39 is 0 Å². The van der Waals surface area contributed by atoms with E-state index in [0.717, 1.165) is 68.6 Å². The number of aryl methyl sites for hydroxylation is 1. The second-order valence-corrected chi connectivity index (χ2v) is 11.4. The van der Waals surface area contributed by atoms with E-state index in [1.54, 1.807) is 0 Å². The highest BCUT2D eigenvalue weighted by molar-refractivity contribution is 6.20. The molecule has 3 nitrogen and oxygen atoms in total. The van der Waals surface area contributed by atoms with Crippen molar-refractivity contribution in [2.75, 3.05) is 0 Å². The van der Waals surface area contributed by atoms with Crippen LogP contribution in [0.1, 0.15) is 34.6 Å². The Hall–Kier alpha value is -5.28. The maximum absolute atomic E-state index is 6.72. The molecule has 2 aliphatic heterocycles. The van der Waals surface area contributed by atoms with E-state index in [1.165, 1.54) is 27.5 Å². The minimum atomic E-state index is -0.164. The summed E-state index contributed by atoms with van der Waals surface area (Å²) in [5.41, 5.74) is 11.0. The summed E-state index contributed by atoms with van der Waals surface area (Å²) in [7, 11) is 0. The molecule has 43 heavy (non-hydrogen) atoms. The maximum atomic E-state index is 6.72. The first-order valence-corrected chi connectivity index (χ1v) is 14.8. The quantitative estimate of drug-likeness (QED) is 0.214. The summed E-state index contributed by atoms with van der Waals surface area (Å²) in [5.74, 6) is 0.170. The van der Waals surface area contributed by atoms with Gasteiger partial charge in [0.15, 0.2) is 0 Å². The first kappa shape index (κ1) is 25.4. The fraction of sp³-hybridized carbons (Fsp3) is 0.100. The van der Waals surface area contributed by atoms with Crippen LogP contribution < -0.4 is 0 Å². The molecule has 2 aliphatic rings. The minimum Gasteiger partial charge on any atom is -0.455 e. The molecule has 3 heteroatoms. The molecule has 8 rings (SSSR count). The van der Waals surface area contributed by atoms with Gasteiger partial charge in [0.25, 0.3) is 0 Å². The van der Waals surface area contributed by atoms with E-state index in [-0.39, 0.29) is 12.0 Å². The van der Waals surface area contributed by atoms with Crippen LogP contribution in [0.25, 0.3) is 43.8 Å². The Morgan fingerprint density at radius 2 is 1.49 bits per heavy atom. The summed E-state index contributed by atoms with van der Waals surface area (Å²) in [6.07, 6.45) is 5.44. The minimum absolute atomic E-state index is 0.164. The van der Waals surface area contributed by atoms with E-state index in [4.69, 9.17) is 14.4 Å². The number of nitrogens with zero attached hydrogens (tertiary/aromatic N) is 2. The van der Waals surface area contributed by atoms with Gasteiger partial charge in [0.05, 0.1) is 23.2 Å². The van der Waals surface area contributed by atoms with E-state index in [0.29, 0.717) is 0 Å². The Bertz CT molecular complexity index is 2210. The van der Waals surface area contributed by atoms with Crippen molar-refractivity contribution in [1.29, 1.82) is 0 Å². The third-order valence-electron chi connectivity index (χ3n) is 9.08. The fourth-order valence-electron chi connectivity index (χ4n) is 6.97. The molecular formula is C40H30N2O. The van der Waals surface area contributed by atoms with Crippen LogP contribution in [0.15, 0.2) is 149 Å². The van der Waals surface area contributed by atoms with E-state index in [1.807, 2.05) is 12.2 Å². The van der Waals surface area contributed by atoms with Gasteiger partial charge in [-0.3, -0.25) is 9.98 Å². The third kappa shape index (κ3) is 4.04. The third-order valence-corrected chi connectivity index (χ3v) is 9.08. The van der Waals surface area contributed by atoms with Gasteiger partial charge >= 0.3 is 0 Å². The van der Waals surface area contributed by atoms with Crippen LogP contribution >= 0.6 is 0 Å². The molecule has 0 aliphatic carbocycles. The van der Waals surface area contributed by atoms with Crippen molar-refractivity contribution in [3.05, 3.63) is 157 Å². The lowest BCUT2D eigenvalue weighted by Crippen LogP contribution is -2.27. The van der Waals surface area contributed by atoms with Crippen LogP contribution in [0.3, 0.4) is 0 Å². The molecule has 0 saturated carbocycles. The lowest BCUT2D eigenvalue weighted by molar-refractivity contribution is 0.540. The SMILES string of the molecule is C=CC1=NC2C(=C)N=C(C=C)c3c(ccc4c3oc3cc(-c5ccc6ccccc6c5)ccc34)CCC2c2ccccc21. The predicted octanol–water partition coefficient (Wildman–Crippen LogP) is 9.98. The molecule has 2 atom stereocenters. The van der Waals surface area contributed by atoms with Crippen molar-refractivity contribution in [2.24, 2.45) is 9.98 Å². The van der Waals surface area contributed by atoms with Gasteiger partial charge in [0, 0.05) is 27.8 Å². The van der Waals surface area contributed by atoms with Crippen molar-refractivity contribution < 1.29 is 4.42 Å². The van der Waals surface area contributed by atoms with Gasteiger partial charge in [0.1, 0.15) is 11.2 Å².